The van der Waals surface area contributed by atoms with Crippen molar-refractivity contribution in [3.8, 4) is 11.3 Å². The molecule has 3 rings (SSSR count). The smallest absolute Gasteiger partial charge is 0.122 e. The van der Waals surface area contributed by atoms with E-state index >= 15 is 0 Å². The van der Waals surface area contributed by atoms with Gasteiger partial charge < -0.3 is 5.73 Å². The van der Waals surface area contributed by atoms with Crippen LogP contribution in [0.3, 0.4) is 0 Å². The maximum absolute atomic E-state index is 6.04. The molecule has 1 heterocycles. The number of nitrogen functional groups attached to an aromatic ring is 1. The topological polar surface area (TPSA) is 43.8 Å². The van der Waals surface area contributed by atoms with Crippen LogP contribution in [0.25, 0.3) is 11.3 Å². The number of rotatable bonds is 3. The molecule has 0 amide bonds. The van der Waals surface area contributed by atoms with Crippen LogP contribution in [0, 0.1) is 11.8 Å². The molecule has 0 radical (unpaired) electrons. The van der Waals surface area contributed by atoms with E-state index in [2.05, 4.69) is 24.2 Å². The zero-order valence-corrected chi connectivity index (χ0v) is 10.7. The van der Waals surface area contributed by atoms with E-state index in [-0.39, 0.29) is 0 Å². The predicted octanol–water partition coefficient (Wildman–Crippen LogP) is 3.18. The Balaban J connectivity index is 1.78. The molecule has 1 fully saturated rings. The average molecular weight is 241 g/mol. The zero-order chi connectivity index (χ0) is 12.5. The first kappa shape index (κ1) is 11.3. The minimum atomic E-state index is 0.755. The molecule has 0 bridgehead atoms. The highest BCUT2D eigenvalue weighted by atomic mass is 15.3. The summed E-state index contributed by atoms with van der Waals surface area (Å²) in [5.41, 5.74) is 8.14. The van der Waals surface area contributed by atoms with E-state index in [0.29, 0.717) is 0 Å². The van der Waals surface area contributed by atoms with E-state index in [1.54, 1.807) is 0 Å². The van der Waals surface area contributed by atoms with Gasteiger partial charge in [-0.15, -0.1) is 0 Å². The second-order valence-corrected chi connectivity index (χ2v) is 5.45. The molecule has 1 aromatic carbocycles. The molecule has 3 heteroatoms. The van der Waals surface area contributed by atoms with Crippen molar-refractivity contribution < 1.29 is 0 Å². The molecule has 1 saturated carbocycles. The van der Waals surface area contributed by atoms with Gasteiger partial charge in [0, 0.05) is 18.2 Å². The third-order valence-electron chi connectivity index (χ3n) is 3.78. The summed E-state index contributed by atoms with van der Waals surface area (Å²) in [5, 5.41) is 4.62. The summed E-state index contributed by atoms with van der Waals surface area (Å²) < 4.78 is 1.96. The Bertz CT molecular complexity index is 524. The largest absolute Gasteiger partial charge is 0.384 e. The van der Waals surface area contributed by atoms with Crippen molar-refractivity contribution in [1.82, 2.24) is 9.78 Å². The lowest BCUT2D eigenvalue weighted by atomic mass is 9.76. The minimum Gasteiger partial charge on any atom is -0.384 e. The number of aromatic nitrogens is 2. The number of nitrogens with zero attached hydrogens (tertiary/aromatic N) is 2. The standard InChI is InChI=1S/C15H19N3/c1-11-7-12(8-11)10-18-15(16)9-14(17-18)13-5-3-2-4-6-13/h2-6,9,11-12H,7-8,10,16H2,1H3. The Morgan fingerprint density at radius 1 is 1.28 bits per heavy atom. The van der Waals surface area contributed by atoms with Crippen LogP contribution >= 0.6 is 0 Å². The summed E-state index contributed by atoms with van der Waals surface area (Å²) in [7, 11) is 0. The van der Waals surface area contributed by atoms with Crippen LogP contribution in [0.5, 0.6) is 0 Å². The van der Waals surface area contributed by atoms with Gasteiger partial charge in [-0.3, -0.25) is 0 Å². The summed E-state index contributed by atoms with van der Waals surface area (Å²) in [6, 6.07) is 12.2. The number of hydrogen-bond donors (Lipinski definition) is 1. The molecule has 94 valence electrons. The second kappa shape index (κ2) is 4.48. The first-order valence-electron chi connectivity index (χ1n) is 6.61. The van der Waals surface area contributed by atoms with Gasteiger partial charge in [0.05, 0.1) is 5.69 Å². The number of nitrogens with two attached hydrogens (primary N) is 1. The molecule has 18 heavy (non-hydrogen) atoms. The van der Waals surface area contributed by atoms with Gasteiger partial charge in [-0.2, -0.15) is 5.10 Å². The fraction of sp³-hybridized carbons (Fsp3) is 0.400. The first-order valence-corrected chi connectivity index (χ1v) is 6.61. The Morgan fingerprint density at radius 2 is 2.00 bits per heavy atom. The van der Waals surface area contributed by atoms with E-state index < -0.39 is 0 Å². The Kier molecular flexibility index (Phi) is 2.82. The van der Waals surface area contributed by atoms with E-state index in [1.165, 1.54) is 12.8 Å². The summed E-state index contributed by atoms with van der Waals surface area (Å²) in [6.45, 7) is 3.27. The van der Waals surface area contributed by atoms with Crippen LogP contribution in [-0.2, 0) is 6.54 Å². The van der Waals surface area contributed by atoms with E-state index in [0.717, 1.165) is 35.5 Å². The van der Waals surface area contributed by atoms with Crippen molar-refractivity contribution >= 4 is 5.82 Å². The van der Waals surface area contributed by atoms with Gasteiger partial charge in [0.25, 0.3) is 0 Å². The van der Waals surface area contributed by atoms with Gasteiger partial charge in [0.2, 0.25) is 0 Å². The van der Waals surface area contributed by atoms with Crippen molar-refractivity contribution in [1.29, 1.82) is 0 Å². The molecule has 1 aromatic heterocycles. The molecule has 1 aliphatic rings. The van der Waals surface area contributed by atoms with Crippen molar-refractivity contribution in [2.24, 2.45) is 11.8 Å². The van der Waals surface area contributed by atoms with Gasteiger partial charge >= 0.3 is 0 Å². The van der Waals surface area contributed by atoms with E-state index in [1.807, 2.05) is 28.9 Å². The van der Waals surface area contributed by atoms with Gasteiger partial charge in [-0.25, -0.2) is 4.68 Å². The van der Waals surface area contributed by atoms with Crippen molar-refractivity contribution in [3.63, 3.8) is 0 Å². The number of anilines is 1. The van der Waals surface area contributed by atoms with Crippen molar-refractivity contribution in [3.05, 3.63) is 36.4 Å². The SMILES string of the molecule is CC1CC(Cn2nc(-c3ccccc3)cc2N)C1. The highest BCUT2D eigenvalue weighted by Crippen LogP contribution is 2.34. The molecule has 2 aromatic rings. The lowest BCUT2D eigenvalue weighted by Crippen LogP contribution is -2.26. The fourth-order valence-corrected chi connectivity index (χ4v) is 2.79. The van der Waals surface area contributed by atoms with Gasteiger partial charge in [-0.05, 0) is 24.7 Å². The predicted molar refractivity (Wildman–Crippen MR) is 74.0 cm³/mol. The lowest BCUT2D eigenvalue weighted by molar-refractivity contribution is 0.183. The molecular formula is C15H19N3. The summed E-state index contributed by atoms with van der Waals surface area (Å²) in [6.07, 6.45) is 2.61. The Labute approximate surface area is 108 Å². The molecule has 2 N–H and O–H groups in total. The maximum atomic E-state index is 6.04. The zero-order valence-electron chi connectivity index (χ0n) is 10.7. The van der Waals surface area contributed by atoms with E-state index in [4.69, 9.17) is 5.73 Å². The summed E-state index contributed by atoms with van der Waals surface area (Å²) >= 11 is 0. The van der Waals surface area contributed by atoms with Gasteiger partial charge in [0.15, 0.2) is 0 Å². The Morgan fingerprint density at radius 3 is 2.67 bits per heavy atom. The van der Waals surface area contributed by atoms with Crippen molar-refractivity contribution in [2.75, 3.05) is 5.73 Å². The Hall–Kier alpha value is -1.77. The van der Waals surface area contributed by atoms with Gasteiger partial charge in [-0.1, -0.05) is 37.3 Å². The average Bonchev–Trinajstić information content (AvgIpc) is 2.70. The normalized spacial score (nSPS) is 22.7. The van der Waals surface area contributed by atoms with Crippen LogP contribution < -0.4 is 5.73 Å². The monoisotopic (exact) mass is 241 g/mol. The molecule has 0 spiro atoms. The van der Waals surface area contributed by atoms with E-state index in [9.17, 15) is 0 Å². The highest BCUT2D eigenvalue weighted by Gasteiger charge is 2.26. The number of hydrogen-bond acceptors (Lipinski definition) is 2. The quantitative estimate of drug-likeness (QED) is 0.897. The molecule has 0 unspecified atom stereocenters. The third kappa shape index (κ3) is 2.13. The van der Waals surface area contributed by atoms with Crippen LogP contribution in [-0.4, -0.2) is 9.78 Å². The molecule has 0 saturated heterocycles. The summed E-state index contributed by atoms with van der Waals surface area (Å²) in [5.74, 6) is 2.40. The van der Waals surface area contributed by atoms with Crippen LogP contribution in [0.15, 0.2) is 36.4 Å². The first-order chi connectivity index (χ1) is 8.72. The summed E-state index contributed by atoms with van der Waals surface area (Å²) in [4.78, 5) is 0. The third-order valence-corrected chi connectivity index (χ3v) is 3.78. The molecule has 3 nitrogen and oxygen atoms in total. The van der Waals surface area contributed by atoms with Crippen LogP contribution in [0.2, 0.25) is 0 Å². The highest BCUT2D eigenvalue weighted by molar-refractivity contribution is 5.62. The molecule has 0 atom stereocenters. The second-order valence-electron chi connectivity index (χ2n) is 5.45. The molecule has 1 aliphatic carbocycles. The van der Waals surface area contributed by atoms with Gasteiger partial charge in [0.1, 0.15) is 5.82 Å². The van der Waals surface area contributed by atoms with Crippen LogP contribution in [0.4, 0.5) is 5.82 Å². The van der Waals surface area contributed by atoms with Crippen molar-refractivity contribution in [2.45, 2.75) is 26.3 Å². The minimum absolute atomic E-state index is 0.755. The molecular weight excluding hydrogens is 222 g/mol. The lowest BCUT2D eigenvalue weighted by Gasteiger charge is -2.32. The maximum Gasteiger partial charge on any atom is 0.122 e. The fourth-order valence-electron chi connectivity index (χ4n) is 2.79. The van der Waals surface area contributed by atoms with Crippen LogP contribution in [0.1, 0.15) is 19.8 Å². The molecule has 0 aliphatic heterocycles. The number of benzene rings is 1.